The normalized spacial score (nSPS) is 13.2. The van der Waals surface area contributed by atoms with Gasteiger partial charge in [0.2, 0.25) is 0 Å². The SMILES string of the molecule is OC(O)(O)CCCCCCCC(O)(O)O. The molecule has 6 nitrogen and oxygen atoms in total. The highest BCUT2D eigenvalue weighted by atomic mass is 16.7. The van der Waals surface area contributed by atoms with Crippen molar-refractivity contribution >= 4 is 0 Å². The molecular weight excluding hydrogens is 204 g/mol. The van der Waals surface area contributed by atoms with Crippen LogP contribution in [-0.2, 0) is 0 Å². The van der Waals surface area contributed by atoms with Gasteiger partial charge in [0.05, 0.1) is 0 Å². The van der Waals surface area contributed by atoms with Gasteiger partial charge in [0.25, 0.3) is 11.9 Å². The van der Waals surface area contributed by atoms with Crippen LogP contribution in [0.15, 0.2) is 0 Å². The maximum absolute atomic E-state index is 8.54. The molecule has 0 aliphatic rings. The average Bonchev–Trinajstić information content (AvgIpc) is 1.98. The molecule has 0 saturated carbocycles. The molecule has 0 saturated heterocycles. The maximum atomic E-state index is 8.54. The Morgan fingerprint density at radius 1 is 0.467 bits per heavy atom. The lowest BCUT2D eigenvalue weighted by Gasteiger charge is -2.14. The fraction of sp³-hybridized carbons (Fsp3) is 1.00. The molecule has 0 aliphatic carbocycles. The molecule has 6 N–H and O–H groups in total. The van der Waals surface area contributed by atoms with Gasteiger partial charge in [-0.15, -0.1) is 0 Å². The first kappa shape index (κ1) is 14.8. The Morgan fingerprint density at radius 3 is 1.00 bits per heavy atom. The van der Waals surface area contributed by atoms with Crippen molar-refractivity contribution in [1.82, 2.24) is 0 Å². The summed E-state index contributed by atoms with van der Waals surface area (Å²) < 4.78 is 0. The van der Waals surface area contributed by atoms with Gasteiger partial charge in [-0.25, -0.2) is 0 Å². The zero-order chi connectivity index (χ0) is 11.9. The zero-order valence-corrected chi connectivity index (χ0v) is 8.63. The fourth-order valence-electron chi connectivity index (χ4n) is 1.25. The second-order valence-electron chi connectivity index (χ2n) is 3.82. The fourth-order valence-corrected chi connectivity index (χ4v) is 1.25. The molecule has 0 bridgehead atoms. The Hall–Kier alpha value is -0.240. The van der Waals surface area contributed by atoms with Crippen LogP contribution in [0.4, 0.5) is 0 Å². The van der Waals surface area contributed by atoms with Crippen molar-refractivity contribution < 1.29 is 30.6 Å². The average molecular weight is 224 g/mol. The zero-order valence-electron chi connectivity index (χ0n) is 8.63. The topological polar surface area (TPSA) is 121 Å². The third kappa shape index (κ3) is 13.8. The molecule has 0 radical (unpaired) electrons. The molecule has 0 aromatic heterocycles. The molecule has 0 rings (SSSR count). The first-order valence-corrected chi connectivity index (χ1v) is 5.05. The van der Waals surface area contributed by atoms with Crippen molar-refractivity contribution in [2.45, 2.75) is 56.9 Å². The first-order valence-electron chi connectivity index (χ1n) is 5.05. The summed E-state index contributed by atoms with van der Waals surface area (Å²) in [6.07, 6.45) is 2.94. The van der Waals surface area contributed by atoms with Crippen LogP contribution in [0.5, 0.6) is 0 Å². The molecule has 0 fully saturated rings. The van der Waals surface area contributed by atoms with Gasteiger partial charge in [0, 0.05) is 12.8 Å². The van der Waals surface area contributed by atoms with Gasteiger partial charge in [-0.3, -0.25) is 0 Å². The van der Waals surface area contributed by atoms with Crippen LogP contribution in [0.25, 0.3) is 0 Å². The van der Waals surface area contributed by atoms with E-state index in [0.29, 0.717) is 25.7 Å². The molecule has 0 spiro atoms. The van der Waals surface area contributed by atoms with E-state index in [0.717, 1.165) is 6.42 Å². The molecule has 0 unspecified atom stereocenters. The molecule has 0 aromatic rings. The Balaban J connectivity index is 3.20. The van der Waals surface area contributed by atoms with Crippen molar-refractivity contribution in [2.24, 2.45) is 0 Å². The molecular formula is C9H20O6. The summed E-state index contributed by atoms with van der Waals surface area (Å²) in [6, 6.07) is 0. The van der Waals surface area contributed by atoms with Crippen LogP contribution < -0.4 is 0 Å². The van der Waals surface area contributed by atoms with Gasteiger partial charge < -0.3 is 30.6 Å². The highest BCUT2D eigenvalue weighted by molar-refractivity contribution is 4.52. The third-order valence-corrected chi connectivity index (χ3v) is 2.02. The second-order valence-corrected chi connectivity index (χ2v) is 3.82. The van der Waals surface area contributed by atoms with E-state index in [1.807, 2.05) is 0 Å². The van der Waals surface area contributed by atoms with Crippen molar-refractivity contribution in [2.75, 3.05) is 0 Å². The van der Waals surface area contributed by atoms with Crippen LogP contribution in [-0.4, -0.2) is 42.6 Å². The lowest BCUT2D eigenvalue weighted by atomic mass is 10.1. The van der Waals surface area contributed by atoms with Crippen LogP contribution in [0, 0.1) is 0 Å². The molecule has 92 valence electrons. The van der Waals surface area contributed by atoms with Crippen LogP contribution in [0.3, 0.4) is 0 Å². The predicted molar refractivity (Wildman–Crippen MR) is 51.1 cm³/mol. The summed E-state index contributed by atoms with van der Waals surface area (Å²) in [5.41, 5.74) is 0. The van der Waals surface area contributed by atoms with E-state index in [9.17, 15) is 0 Å². The predicted octanol–water partition coefficient (Wildman–Crippen LogP) is -1.02. The van der Waals surface area contributed by atoms with E-state index in [2.05, 4.69) is 0 Å². The van der Waals surface area contributed by atoms with E-state index in [4.69, 9.17) is 30.6 Å². The highest BCUT2D eigenvalue weighted by Gasteiger charge is 2.17. The molecule has 15 heavy (non-hydrogen) atoms. The lowest BCUT2D eigenvalue weighted by Crippen LogP contribution is -2.26. The van der Waals surface area contributed by atoms with Crippen molar-refractivity contribution in [3.8, 4) is 0 Å². The standard InChI is InChI=1S/C9H20O6/c10-8(11,12)6-4-2-1-3-5-7-9(13,14)15/h10-15H,1-7H2. The van der Waals surface area contributed by atoms with Crippen LogP contribution in [0.1, 0.15) is 44.9 Å². The molecule has 6 heteroatoms. The summed E-state index contributed by atoms with van der Waals surface area (Å²) >= 11 is 0. The van der Waals surface area contributed by atoms with E-state index < -0.39 is 11.9 Å². The number of hydrogen-bond donors (Lipinski definition) is 6. The summed E-state index contributed by atoms with van der Waals surface area (Å²) in [5, 5.41) is 51.2. The van der Waals surface area contributed by atoms with Gasteiger partial charge >= 0.3 is 0 Å². The summed E-state index contributed by atoms with van der Waals surface area (Å²) in [4.78, 5) is 0. The lowest BCUT2D eigenvalue weighted by molar-refractivity contribution is -0.315. The van der Waals surface area contributed by atoms with Gasteiger partial charge in [-0.2, -0.15) is 0 Å². The first-order chi connectivity index (χ1) is 6.71. The maximum Gasteiger partial charge on any atom is 0.275 e. The van der Waals surface area contributed by atoms with E-state index in [1.165, 1.54) is 0 Å². The molecule has 0 atom stereocenters. The Kier molecular flexibility index (Phi) is 6.26. The van der Waals surface area contributed by atoms with Crippen molar-refractivity contribution in [3.05, 3.63) is 0 Å². The van der Waals surface area contributed by atoms with Crippen LogP contribution >= 0.6 is 0 Å². The van der Waals surface area contributed by atoms with E-state index >= 15 is 0 Å². The number of unbranched alkanes of at least 4 members (excludes halogenated alkanes) is 4. The van der Waals surface area contributed by atoms with Gasteiger partial charge in [0.15, 0.2) is 0 Å². The minimum atomic E-state index is -2.59. The summed E-state index contributed by atoms with van der Waals surface area (Å²) in [7, 11) is 0. The van der Waals surface area contributed by atoms with Crippen molar-refractivity contribution in [3.63, 3.8) is 0 Å². The van der Waals surface area contributed by atoms with E-state index in [1.54, 1.807) is 0 Å². The Morgan fingerprint density at radius 2 is 0.733 bits per heavy atom. The van der Waals surface area contributed by atoms with Gasteiger partial charge in [0.1, 0.15) is 0 Å². The van der Waals surface area contributed by atoms with Crippen LogP contribution in [0.2, 0.25) is 0 Å². The largest absolute Gasteiger partial charge is 0.344 e. The third-order valence-electron chi connectivity index (χ3n) is 2.02. The Bertz CT molecular complexity index is 139. The monoisotopic (exact) mass is 224 g/mol. The quantitative estimate of drug-likeness (QED) is 0.232. The second kappa shape index (κ2) is 6.37. The van der Waals surface area contributed by atoms with E-state index in [-0.39, 0.29) is 12.8 Å². The number of aliphatic hydroxyl groups is 6. The minimum absolute atomic E-state index is 0.100. The minimum Gasteiger partial charge on any atom is -0.344 e. The Labute approximate surface area is 88.4 Å². The number of hydrogen-bond acceptors (Lipinski definition) is 6. The number of rotatable bonds is 8. The van der Waals surface area contributed by atoms with Gasteiger partial charge in [-0.1, -0.05) is 19.3 Å². The molecule has 0 heterocycles. The molecule has 0 amide bonds. The highest BCUT2D eigenvalue weighted by Crippen LogP contribution is 2.13. The smallest absolute Gasteiger partial charge is 0.275 e. The molecule has 0 aromatic carbocycles. The van der Waals surface area contributed by atoms with Crippen molar-refractivity contribution in [1.29, 1.82) is 0 Å². The summed E-state index contributed by atoms with van der Waals surface area (Å²) in [6.45, 7) is 0. The molecule has 0 aliphatic heterocycles. The van der Waals surface area contributed by atoms with Gasteiger partial charge in [-0.05, 0) is 12.8 Å². The summed E-state index contributed by atoms with van der Waals surface area (Å²) in [5.74, 6) is -5.17.